The summed E-state index contributed by atoms with van der Waals surface area (Å²) in [4.78, 5) is 34.9. The van der Waals surface area contributed by atoms with Gasteiger partial charge in [0.15, 0.2) is 11.9 Å². The number of Topliss-reactive ketones (excluding diaryl/α,β-unsaturated/α-hetero) is 1. The summed E-state index contributed by atoms with van der Waals surface area (Å²) in [5.74, 6) is 2.63. The Labute approximate surface area is 127 Å². The van der Waals surface area contributed by atoms with E-state index in [-0.39, 0.29) is 5.78 Å². The van der Waals surface area contributed by atoms with Gasteiger partial charge in [-0.2, -0.15) is 0 Å². The van der Waals surface area contributed by atoms with Crippen LogP contribution in [0.3, 0.4) is 0 Å². The first-order valence-electron chi connectivity index (χ1n) is 6.65. The van der Waals surface area contributed by atoms with Crippen molar-refractivity contribution in [3.05, 3.63) is 11.8 Å². The third kappa shape index (κ3) is 3.82. The van der Waals surface area contributed by atoms with Gasteiger partial charge in [0, 0.05) is 12.8 Å². The highest BCUT2D eigenvalue weighted by Gasteiger charge is 2.43. The van der Waals surface area contributed by atoms with Crippen LogP contribution < -0.4 is 11.2 Å². The number of carboxylic acids is 1. The zero-order valence-corrected chi connectivity index (χ0v) is 12.6. The number of amides is 1. The number of hydrogen-bond acceptors (Lipinski definition) is 6. The minimum atomic E-state index is -1.36. The molecule has 0 bridgehead atoms. The Balaban J connectivity index is 3.30. The van der Waals surface area contributed by atoms with Crippen LogP contribution in [0.15, 0.2) is 11.8 Å². The Morgan fingerprint density at radius 3 is 2.50 bits per heavy atom. The Hall–Kier alpha value is -2.42. The number of carboxylic acid groups (broad SMARTS) is 1. The maximum atomic E-state index is 12.3. The molecule has 0 fully saturated rings. The molecule has 1 heterocycles. The van der Waals surface area contributed by atoms with Crippen molar-refractivity contribution in [2.45, 2.75) is 39.0 Å². The molecular formula is C13H20N4O5. The van der Waals surface area contributed by atoms with Crippen molar-refractivity contribution < 1.29 is 24.2 Å². The SMILES string of the molecule is CC(=O)N[C@@H]1C(N(N)C=N)C=C(C(=O)O)O[C@H]1C(=O)C(C)C. The third-order valence-corrected chi connectivity index (χ3v) is 3.19. The molecule has 1 aliphatic heterocycles. The zero-order valence-electron chi connectivity index (χ0n) is 12.6. The van der Waals surface area contributed by atoms with E-state index in [0.717, 1.165) is 17.4 Å². The molecule has 1 aliphatic rings. The first-order valence-corrected chi connectivity index (χ1v) is 6.65. The highest BCUT2D eigenvalue weighted by atomic mass is 16.5. The third-order valence-electron chi connectivity index (χ3n) is 3.19. The minimum absolute atomic E-state index is 0.367. The molecule has 1 amide bonds. The highest BCUT2D eigenvalue weighted by Crippen LogP contribution is 2.23. The normalized spacial score (nSPS) is 24.0. The monoisotopic (exact) mass is 312 g/mol. The first kappa shape index (κ1) is 17.6. The number of nitrogens with zero attached hydrogens (tertiary/aromatic N) is 1. The maximum Gasteiger partial charge on any atom is 0.370 e. The van der Waals surface area contributed by atoms with Crippen molar-refractivity contribution in [3.63, 3.8) is 0 Å². The molecule has 122 valence electrons. The van der Waals surface area contributed by atoms with Crippen molar-refractivity contribution in [2.75, 3.05) is 0 Å². The van der Waals surface area contributed by atoms with E-state index >= 15 is 0 Å². The molecule has 3 atom stereocenters. The van der Waals surface area contributed by atoms with Gasteiger partial charge >= 0.3 is 5.97 Å². The lowest BCUT2D eigenvalue weighted by Gasteiger charge is -2.39. The summed E-state index contributed by atoms with van der Waals surface area (Å²) in [7, 11) is 0. The zero-order chi connectivity index (χ0) is 17.0. The van der Waals surface area contributed by atoms with E-state index in [1.807, 2.05) is 0 Å². The standard InChI is InChI=1S/C13H20N4O5/c1-6(2)11(19)12-10(16-7(3)18)8(17(15)5-14)4-9(22-12)13(20)21/h4-6,8,10,12,14H,15H2,1-3H3,(H,16,18)(H,20,21)/t8?,10-,12-/m1/s1. The second-order valence-corrected chi connectivity index (χ2v) is 5.22. The molecule has 0 aromatic rings. The van der Waals surface area contributed by atoms with Gasteiger partial charge in [0.25, 0.3) is 0 Å². The average molecular weight is 312 g/mol. The number of aliphatic carboxylic acids is 1. The van der Waals surface area contributed by atoms with E-state index in [1.54, 1.807) is 13.8 Å². The molecule has 9 heteroatoms. The lowest BCUT2D eigenvalue weighted by molar-refractivity contribution is -0.144. The van der Waals surface area contributed by atoms with Crippen LogP contribution in [0.1, 0.15) is 20.8 Å². The molecular weight excluding hydrogens is 292 g/mol. The maximum absolute atomic E-state index is 12.3. The van der Waals surface area contributed by atoms with Gasteiger partial charge in [-0.25, -0.2) is 10.6 Å². The van der Waals surface area contributed by atoms with Crippen LogP contribution in [-0.4, -0.2) is 52.3 Å². The predicted molar refractivity (Wildman–Crippen MR) is 76.6 cm³/mol. The quantitative estimate of drug-likeness (QED) is 0.218. The minimum Gasteiger partial charge on any atom is -0.475 e. The summed E-state index contributed by atoms with van der Waals surface area (Å²) >= 11 is 0. The van der Waals surface area contributed by atoms with Gasteiger partial charge in [0.05, 0.1) is 18.4 Å². The number of carbonyl (C=O) groups is 3. The van der Waals surface area contributed by atoms with Gasteiger partial charge in [-0.3, -0.25) is 20.0 Å². The molecule has 9 nitrogen and oxygen atoms in total. The summed E-state index contributed by atoms with van der Waals surface area (Å²) in [5, 5.41) is 19.8. The molecule has 0 aromatic carbocycles. The van der Waals surface area contributed by atoms with E-state index in [9.17, 15) is 14.4 Å². The second-order valence-electron chi connectivity index (χ2n) is 5.22. The van der Waals surface area contributed by atoms with Crippen LogP contribution in [-0.2, 0) is 19.1 Å². The van der Waals surface area contributed by atoms with Crippen LogP contribution in [0.4, 0.5) is 0 Å². The van der Waals surface area contributed by atoms with Gasteiger partial charge in [-0.15, -0.1) is 0 Å². The average Bonchev–Trinajstić information content (AvgIpc) is 2.44. The number of ketones is 1. The lowest BCUT2D eigenvalue weighted by Crippen LogP contribution is -2.62. The number of ether oxygens (including phenoxy) is 1. The molecule has 0 saturated heterocycles. The smallest absolute Gasteiger partial charge is 0.370 e. The van der Waals surface area contributed by atoms with E-state index < -0.39 is 41.7 Å². The molecule has 0 aliphatic carbocycles. The Bertz CT molecular complexity index is 517. The van der Waals surface area contributed by atoms with Crippen molar-refractivity contribution in [1.82, 2.24) is 10.3 Å². The number of hydrogen-bond donors (Lipinski definition) is 4. The van der Waals surface area contributed by atoms with Crippen molar-refractivity contribution >= 4 is 24.0 Å². The first-order chi connectivity index (χ1) is 10.2. The largest absolute Gasteiger partial charge is 0.475 e. The van der Waals surface area contributed by atoms with Crippen molar-refractivity contribution in [2.24, 2.45) is 11.8 Å². The number of carbonyl (C=O) groups excluding carboxylic acids is 2. The topological polar surface area (TPSA) is 146 Å². The highest BCUT2D eigenvalue weighted by molar-refractivity contribution is 5.90. The summed E-state index contributed by atoms with van der Waals surface area (Å²) in [6.07, 6.45) is 0.742. The van der Waals surface area contributed by atoms with Crippen LogP contribution in [0.25, 0.3) is 0 Å². The number of rotatable bonds is 6. The fourth-order valence-corrected chi connectivity index (χ4v) is 2.13. The molecule has 5 N–H and O–H groups in total. The van der Waals surface area contributed by atoms with Gasteiger partial charge < -0.3 is 15.2 Å². The number of nitrogens with one attached hydrogen (secondary N) is 2. The van der Waals surface area contributed by atoms with Crippen LogP contribution in [0.5, 0.6) is 0 Å². The molecule has 1 rings (SSSR count). The van der Waals surface area contributed by atoms with Crippen LogP contribution >= 0.6 is 0 Å². The molecule has 0 radical (unpaired) electrons. The van der Waals surface area contributed by atoms with Crippen molar-refractivity contribution in [1.29, 1.82) is 5.41 Å². The lowest BCUT2D eigenvalue weighted by atomic mass is 9.90. The second kappa shape index (κ2) is 7.03. The number of hydrazine groups is 1. The van der Waals surface area contributed by atoms with Gasteiger partial charge in [0.2, 0.25) is 11.7 Å². The summed E-state index contributed by atoms with van der Waals surface area (Å²) in [6.45, 7) is 4.54. The van der Waals surface area contributed by atoms with Crippen LogP contribution in [0, 0.1) is 11.3 Å². The van der Waals surface area contributed by atoms with E-state index in [1.165, 1.54) is 6.92 Å². The Kier molecular flexibility index (Phi) is 5.63. The fraction of sp³-hybridized carbons (Fsp3) is 0.538. The van der Waals surface area contributed by atoms with Gasteiger partial charge in [0.1, 0.15) is 0 Å². The van der Waals surface area contributed by atoms with E-state index in [4.69, 9.17) is 21.1 Å². The molecule has 22 heavy (non-hydrogen) atoms. The molecule has 0 saturated carbocycles. The fourth-order valence-electron chi connectivity index (χ4n) is 2.13. The molecule has 0 aromatic heterocycles. The Morgan fingerprint density at radius 1 is 1.50 bits per heavy atom. The van der Waals surface area contributed by atoms with Crippen LogP contribution in [0.2, 0.25) is 0 Å². The predicted octanol–water partition coefficient (Wildman–Crippen LogP) is -0.765. The van der Waals surface area contributed by atoms with Gasteiger partial charge in [-0.05, 0) is 6.08 Å². The van der Waals surface area contributed by atoms with Gasteiger partial charge in [-0.1, -0.05) is 13.8 Å². The summed E-state index contributed by atoms with van der Waals surface area (Å²) < 4.78 is 5.25. The number of nitrogens with two attached hydrogens (primary N) is 1. The molecule has 1 unspecified atom stereocenters. The Morgan fingerprint density at radius 2 is 2.09 bits per heavy atom. The van der Waals surface area contributed by atoms with Crippen molar-refractivity contribution in [3.8, 4) is 0 Å². The molecule has 0 spiro atoms. The van der Waals surface area contributed by atoms with E-state index in [0.29, 0.717) is 0 Å². The summed E-state index contributed by atoms with van der Waals surface area (Å²) in [5.41, 5.74) is 0. The summed E-state index contributed by atoms with van der Waals surface area (Å²) in [6, 6.07) is -1.80. The van der Waals surface area contributed by atoms with E-state index in [2.05, 4.69) is 5.32 Å².